The van der Waals surface area contributed by atoms with Crippen LogP contribution in [0, 0.1) is 12.3 Å². The third kappa shape index (κ3) is 3.45. The van der Waals surface area contributed by atoms with Gasteiger partial charge in [-0.3, -0.25) is 9.98 Å². The SMILES string of the molecule is Cc1nnc(C2CCN(C(=N)c3ncccc3O)CC2)n1-c1ccc(Cl)cc1. The van der Waals surface area contributed by atoms with Gasteiger partial charge < -0.3 is 10.0 Å². The smallest absolute Gasteiger partial charge is 0.150 e. The number of aryl methyl sites for hydroxylation is 1. The Morgan fingerprint density at radius 2 is 1.86 bits per heavy atom. The van der Waals surface area contributed by atoms with E-state index in [9.17, 15) is 5.11 Å². The third-order valence-corrected chi connectivity index (χ3v) is 5.37. The average molecular weight is 397 g/mol. The standard InChI is InChI=1S/C20H21ClN6O/c1-13-24-25-20(27(13)16-6-4-15(21)5-7-16)14-8-11-26(12-9-14)19(22)18-17(28)3-2-10-23-18/h2-7,10,14,22,28H,8-9,11-12H2,1H3. The molecular weight excluding hydrogens is 376 g/mol. The van der Waals surface area contributed by atoms with E-state index < -0.39 is 0 Å². The van der Waals surface area contributed by atoms with E-state index in [1.807, 2.05) is 36.1 Å². The molecule has 0 radical (unpaired) electrons. The van der Waals surface area contributed by atoms with Crippen molar-refractivity contribution in [3.8, 4) is 11.4 Å². The molecule has 1 aliphatic rings. The number of aromatic nitrogens is 4. The molecule has 0 unspecified atom stereocenters. The zero-order chi connectivity index (χ0) is 19.7. The van der Waals surface area contributed by atoms with E-state index in [2.05, 4.69) is 19.7 Å². The van der Waals surface area contributed by atoms with Gasteiger partial charge in [0.05, 0.1) is 0 Å². The lowest BCUT2D eigenvalue weighted by Gasteiger charge is -2.33. The van der Waals surface area contributed by atoms with Gasteiger partial charge in [0, 0.05) is 35.9 Å². The summed E-state index contributed by atoms with van der Waals surface area (Å²) in [6.07, 6.45) is 3.29. The number of hydrogen-bond donors (Lipinski definition) is 2. The van der Waals surface area contributed by atoms with Gasteiger partial charge in [0.25, 0.3) is 0 Å². The highest BCUT2D eigenvalue weighted by Crippen LogP contribution is 2.30. The summed E-state index contributed by atoms with van der Waals surface area (Å²) in [5.41, 5.74) is 1.32. The van der Waals surface area contributed by atoms with Gasteiger partial charge in [0.15, 0.2) is 5.84 Å². The minimum atomic E-state index is 0.0349. The maximum atomic E-state index is 9.97. The first-order valence-electron chi connectivity index (χ1n) is 9.20. The van der Waals surface area contributed by atoms with Crippen molar-refractivity contribution in [1.82, 2.24) is 24.6 Å². The van der Waals surface area contributed by atoms with Gasteiger partial charge in [-0.05, 0) is 56.2 Å². The second-order valence-corrected chi connectivity index (χ2v) is 7.33. The van der Waals surface area contributed by atoms with Crippen LogP contribution in [0.2, 0.25) is 5.02 Å². The summed E-state index contributed by atoms with van der Waals surface area (Å²) in [6, 6.07) is 10.9. The Morgan fingerprint density at radius 3 is 2.54 bits per heavy atom. The fourth-order valence-electron chi connectivity index (χ4n) is 3.64. The van der Waals surface area contributed by atoms with E-state index in [4.69, 9.17) is 17.0 Å². The number of rotatable bonds is 3. The quantitative estimate of drug-likeness (QED) is 0.522. The molecule has 2 aromatic heterocycles. The molecule has 7 nitrogen and oxygen atoms in total. The molecule has 1 aromatic carbocycles. The number of amidine groups is 1. The second-order valence-electron chi connectivity index (χ2n) is 6.90. The molecule has 1 aliphatic heterocycles. The summed E-state index contributed by atoms with van der Waals surface area (Å²) in [5, 5.41) is 27.8. The first kappa shape index (κ1) is 18.4. The van der Waals surface area contributed by atoms with Crippen LogP contribution in [0.3, 0.4) is 0 Å². The van der Waals surface area contributed by atoms with Crippen LogP contribution in [0.25, 0.3) is 5.69 Å². The number of piperidine rings is 1. The molecule has 0 amide bonds. The van der Waals surface area contributed by atoms with Gasteiger partial charge in [-0.25, -0.2) is 4.98 Å². The zero-order valence-electron chi connectivity index (χ0n) is 15.5. The summed E-state index contributed by atoms with van der Waals surface area (Å²) in [5.74, 6) is 2.32. The Labute approximate surface area is 168 Å². The normalized spacial score (nSPS) is 15.0. The van der Waals surface area contributed by atoms with Crippen LogP contribution in [-0.4, -0.2) is 48.7 Å². The lowest BCUT2D eigenvalue weighted by atomic mass is 9.95. The number of nitrogens with zero attached hydrogens (tertiary/aromatic N) is 5. The molecule has 1 saturated heterocycles. The molecule has 8 heteroatoms. The van der Waals surface area contributed by atoms with Gasteiger partial charge in [0.1, 0.15) is 23.1 Å². The van der Waals surface area contributed by atoms with Crippen molar-refractivity contribution in [3.05, 3.63) is 65.0 Å². The minimum Gasteiger partial charge on any atom is -0.506 e. The first-order valence-corrected chi connectivity index (χ1v) is 9.58. The van der Waals surface area contributed by atoms with Crippen molar-refractivity contribution < 1.29 is 5.11 Å². The van der Waals surface area contributed by atoms with E-state index in [1.165, 1.54) is 0 Å². The molecule has 0 saturated carbocycles. The fourth-order valence-corrected chi connectivity index (χ4v) is 3.77. The number of benzene rings is 1. The monoisotopic (exact) mass is 396 g/mol. The fraction of sp³-hybridized carbons (Fsp3) is 0.300. The Hall–Kier alpha value is -2.93. The molecule has 1 fully saturated rings. The Balaban J connectivity index is 1.51. The molecule has 2 N–H and O–H groups in total. The van der Waals surface area contributed by atoms with E-state index in [0.717, 1.165) is 30.2 Å². The van der Waals surface area contributed by atoms with E-state index in [-0.39, 0.29) is 17.5 Å². The topological polar surface area (TPSA) is 90.9 Å². The van der Waals surface area contributed by atoms with Gasteiger partial charge in [0.2, 0.25) is 0 Å². The molecule has 144 valence electrons. The minimum absolute atomic E-state index is 0.0349. The van der Waals surface area contributed by atoms with Gasteiger partial charge in [-0.1, -0.05) is 11.6 Å². The van der Waals surface area contributed by atoms with Crippen molar-refractivity contribution in [2.75, 3.05) is 13.1 Å². The molecule has 0 atom stereocenters. The first-order chi connectivity index (χ1) is 13.5. The molecule has 0 aliphatic carbocycles. The number of aromatic hydroxyl groups is 1. The maximum Gasteiger partial charge on any atom is 0.150 e. The summed E-state index contributed by atoms with van der Waals surface area (Å²) >= 11 is 6.02. The summed E-state index contributed by atoms with van der Waals surface area (Å²) < 4.78 is 2.08. The van der Waals surface area contributed by atoms with Crippen molar-refractivity contribution in [2.45, 2.75) is 25.7 Å². The number of pyridine rings is 1. The second kappa shape index (κ2) is 7.59. The molecule has 3 aromatic rings. The lowest BCUT2D eigenvalue weighted by Crippen LogP contribution is -2.38. The number of hydrogen-bond acceptors (Lipinski definition) is 5. The predicted molar refractivity (Wildman–Crippen MR) is 107 cm³/mol. The van der Waals surface area contributed by atoms with E-state index >= 15 is 0 Å². The Kier molecular flexibility index (Phi) is 5.00. The number of nitrogens with one attached hydrogen (secondary N) is 1. The van der Waals surface area contributed by atoms with Crippen LogP contribution in [0.4, 0.5) is 0 Å². The van der Waals surface area contributed by atoms with Crippen molar-refractivity contribution in [2.24, 2.45) is 0 Å². The molecular formula is C20H21ClN6O. The summed E-state index contributed by atoms with van der Waals surface area (Å²) in [6.45, 7) is 3.35. The van der Waals surface area contributed by atoms with Crippen molar-refractivity contribution >= 4 is 17.4 Å². The summed E-state index contributed by atoms with van der Waals surface area (Å²) in [4.78, 5) is 6.09. The largest absolute Gasteiger partial charge is 0.506 e. The zero-order valence-corrected chi connectivity index (χ0v) is 16.3. The molecule has 0 bridgehead atoms. The molecule has 28 heavy (non-hydrogen) atoms. The number of likely N-dealkylation sites (tertiary alicyclic amines) is 1. The highest BCUT2D eigenvalue weighted by molar-refractivity contribution is 6.30. The lowest BCUT2D eigenvalue weighted by molar-refractivity contribution is 0.303. The van der Waals surface area contributed by atoms with E-state index in [0.29, 0.717) is 23.8 Å². The van der Waals surface area contributed by atoms with Gasteiger partial charge in [-0.2, -0.15) is 0 Å². The third-order valence-electron chi connectivity index (χ3n) is 5.12. The van der Waals surface area contributed by atoms with Crippen LogP contribution in [-0.2, 0) is 0 Å². The highest BCUT2D eigenvalue weighted by Gasteiger charge is 2.28. The van der Waals surface area contributed by atoms with Crippen LogP contribution in [0.5, 0.6) is 5.75 Å². The van der Waals surface area contributed by atoms with Gasteiger partial charge >= 0.3 is 0 Å². The predicted octanol–water partition coefficient (Wildman–Crippen LogP) is 3.53. The molecule has 3 heterocycles. The van der Waals surface area contributed by atoms with Crippen LogP contribution in [0.15, 0.2) is 42.6 Å². The van der Waals surface area contributed by atoms with Crippen LogP contribution >= 0.6 is 11.6 Å². The van der Waals surface area contributed by atoms with Crippen LogP contribution < -0.4 is 0 Å². The van der Waals surface area contributed by atoms with E-state index in [1.54, 1.807) is 18.3 Å². The van der Waals surface area contributed by atoms with Crippen molar-refractivity contribution in [1.29, 1.82) is 5.41 Å². The summed E-state index contributed by atoms with van der Waals surface area (Å²) in [7, 11) is 0. The van der Waals surface area contributed by atoms with Crippen molar-refractivity contribution in [3.63, 3.8) is 0 Å². The van der Waals surface area contributed by atoms with Crippen LogP contribution in [0.1, 0.15) is 36.1 Å². The van der Waals surface area contributed by atoms with Gasteiger partial charge in [-0.15, -0.1) is 10.2 Å². The molecule has 4 rings (SSSR count). The highest BCUT2D eigenvalue weighted by atomic mass is 35.5. The number of halogens is 1. The molecule has 0 spiro atoms. The Bertz CT molecular complexity index is 992. The maximum absolute atomic E-state index is 9.97. The average Bonchev–Trinajstić information content (AvgIpc) is 3.10. The Morgan fingerprint density at radius 1 is 1.14 bits per heavy atom.